The minimum atomic E-state index is -4.60. The van der Waals surface area contributed by atoms with Gasteiger partial charge in [0.15, 0.2) is 0 Å². The highest BCUT2D eigenvalue weighted by Gasteiger charge is 2.47. The van der Waals surface area contributed by atoms with Gasteiger partial charge in [-0.25, -0.2) is 4.79 Å². The minimum absolute atomic E-state index is 0.0629. The lowest BCUT2D eigenvalue weighted by Crippen LogP contribution is -2.33. The molecule has 2 rings (SSSR count). The van der Waals surface area contributed by atoms with Crippen LogP contribution in [-0.4, -0.2) is 12.3 Å². The number of benzene rings is 1. The molecule has 0 saturated carbocycles. The summed E-state index contributed by atoms with van der Waals surface area (Å²) in [6, 6.07) is 4.41. The van der Waals surface area contributed by atoms with Crippen molar-refractivity contribution in [2.24, 2.45) is 0 Å². The molecule has 0 aliphatic carbocycles. The number of nitrogens with one attached hydrogen (secondary N) is 1. The van der Waals surface area contributed by atoms with Crippen molar-refractivity contribution in [3.63, 3.8) is 0 Å². The summed E-state index contributed by atoms with van der Waals surface area (Å²) in [6.45, 7) is 1.67. The van der Waals surface area contributed by atoms with Crippen LogP contribution in [0.5, 0.6) is 0 Å². The maximum absolute atomic E-state index is 12.6. The van der Waals surface area contributed by atoms with Gasteiger partial charge >= 0.3 is 12.3 Å². The Hall–Kier alpha value is -1.72. The highest BCUT2D eigenvalue weighted by Crippen LogP contribution is 2.41. The summed E-state index contributed by atoms with van der Waals surface area (Å²) < 4.78 is 42.1. The number of carbonyl (C=O) groups excluding carboxylic acids is 1. The van der Waals surface area contributed by atoms with E-state index in [0.29, 0.717) is 5.56 Å². The minimum Gasteiger partial charge on any atom is -0.431 e. The van der Waals surface area contributed by atoms with Crippen LogP contribution in [0.25, 0.3) is 0 Å². The van der Waals surface area contributed by atoms with Gasteiger partial charge in [-0.1, -0.05) is 11.6 Å². The molecule has 1 aromatic carbocycles. The number of hydrogen-bond donors (Lipinski definition) is 1. The second kappa shape index (κ2) is 3.40. The molecule has 0 fully saturated rings. The topological polar surface area (TPSA) is 38.3 Å². The maximum atomic E-state index is 12.6. The lowest BCUT2D eigenvalue weighted by atomic mass is 10.0. The molecule has 0 radical (unpaired) electrons. The number of rotatable bonds is 0. The van der Waals surface area contributed by atoms with Crippen molar-refractivity contribution in [3.05, 3.63) is 29.3 Å². The van der Waals surface area contributed by atoms with E-state index in [1.54, 1.807) is 13.0 Å². The largest absolute Gasteiger partial charge is 0.431 e. The van der Waals surface area contributed by atoms with Crippen molar-refractivity contribution in [2.45, 2.75) is 19.2 Å². The van der Waals surface area contributed by atoms with E-state index in [0.717, 1.165) is 0 Å². The Morgan fingerprint density at radius 2 is 2.06 bits per heavy atom. The van der Waals surface area contributed by atoms with Crippen LogP contribution >= 0.6 is 0 Å². The summed E-state index contributed by atoms with van der Waals surface area (Å²) in [5.74, 6) is 0. The highest BCUT2D eigenvalue weighted by atomic mass is 19.4. The SMILES string of the molecule is Cc1ccc2c(c1)C(C(F)(F)F)OC(=O)N2. The van der Waals surface area contributed by atoms with Crippen molar-refractivity contribution in [2.75, 3.05) is 5.32 Å². The molecule has 1 N–H and O–H groups in total. The number of amides is 1. The van der Waals surface area contributed by atoms with Crippen molar-refractivity contribution in [1.29, 1.82) is 0 Å². The van der Waals surface area contributed by atoms with Crippen LogP contribution in [0.3, 0.4) is 0 Å². The third-order valence-electron chi connectivity index (χ3n) is 2.25. The Morgan fingerprint density at radius 1 is 1.38 bits per heavy atom. The first-order valence-corrected chi connectivity index (χ1v) is 4.53. The first-order chi connectivity index (χ1) is 7.38. The molecule has 1 unspecified atom stereocenters. The van der Waals surface area contributed by atoms with Gasteiger partial charge in [0.1, 0.15) is 0 Å². The molecule has 1 aromatic rings. The fourth-order valence-electron chi connectivity index (χ4n) is 1.57. The smallest absolute Gasteiger partial charge is 0.430 e. The molecule has 0 aromatic heterocycles. The molecule has 0 bridgehead atoms. The third-order valence-corrected chi connectivity index (χ3v) is 2.25. The van der Waals surface area contributed by atoms with E-state index in [2.05, 4.69) is 10.1 Å². The van der Waals surface area contributed by atoms with E-state index in [-0.39, 0.29) is 11.3 Å². The van der Waals surface area contributed by atoms with Crippen LogP contribution in [-0.2, 0) is 4.74 Å². The highest BCUT2D eigenvalue weighted by molar-refractivity contribution is 5.88. The van der Waals surface area contributed by atoms with Crippen molar-refractivity contribution in [3.8, 4) is 0 Å². The fraction of sp³-hybridized carbons (Fsp3) is 0.300. The monoisotopic (exact) mass is 231 g/mol. The third kappa shape index (κ3) is 1.82. The summed E-state index contributed by atoms with van der Waals surface area (Å²) in [4.78, 5) is 10.9. The molecular weight excluding hydrogens is 223 g/mol. The van der Waals surface area contributed by atoms with Gasteiger partial charge < -0.3 is 4.74 Å². The molecule has 0 saturated heterocycles. The molecule has 1 amide bonds. The van der Waals surface area contributed by atoms with E-state index < -0.39 is 18.4 Å². The maximum Gasteiger partial charge on any atom is 0.430 e. The molecule has 1 atom stereocenters. The number of fused-ring (bicyclic) bond motifs is 1. The predicted octanol–water partition coefficient (Wildman–Crippen LogP) is 3.16. The summed E-state index contributed by atoms with van der Waals surface area (Å²) >= 11 is 0. The van der Waals surface area contributed by atoms with E-state index in [1.165, 1.54) is 12.1 Å². The molecule has 16 heavy (non-hydrogen) atoms. The van der Waals surface area contributed by atoms with Crippen LogP contribution in [0, 0.1) is 6.92 Å². The zero-order chi connectivity index (χ0) is 11.9. The van der Waals surface area contributed by atoms with Crippen molar-refractivity contribution >= 4 is 11.8 Å². The Bertz CT molecular complexity index is 442. The number of anilines is 1. The molecule has 1 aliphatic rings. The first-order valence-electron chi connectivity index (χ1n) is 4.53. The number of cyclic esters (lactones) is 1. The van der Waals surface area contributed by atoms with Crippen molar-refractivity contribution < 1.29 is 22.7 Å². The Balaban J connectivity index is 2.52. The predicted molar refractivity (Wildman–Crippen MR) is 50.1 cm³/mol. The van der Waals surface area contributed by atoms with Gasteiger partial charge in [-0.05, 0) is 19.1 Å². The Labute approximate surface area is 89.2 Å². The molecule has 3 nitrogen and oxygen atoms in total. The van der Waals surface area contributed by atoms with Gasteiger partial charge in [-0.3, -0.25) is 5.32 Å². The fourth-order valence-corrected chi connectivity index (χ4v) is 1.57. The zero-order valence-corrected chi connectivity index (χ0v) is 8.26. The second-order valence-electron chi connectivity index (χ2n) is 3.54. The standard InChI is InChI=1S/C10H8F3NO2/c1-5-2-3-7-6(4-5)8(10(11,12)13)16-9(15)14-7/h2-4,8H,1H3,(H,14,15). The molecule has 0 spiro atoms. The average Bonchev–Trinajstić information content (AvgIpc) is 2.16. The molecule has 1 heterocycles. The van der Waals surface area contributed by atoms with Gasteiger partial charge in [-0.2, -0.15) is 13.2 Å². The van der Waals surface area contributed by atoms with Gasteiger partial charge in [-0.15, -0.1) is 0 Å². The summed E-state index contributed by atoms with van der Waals surface area (Å²) in [7, 11) is 0. The van der Waals surface area contributed by atoms with Gasteiger partial charge in [0.05, 0.1) is 5.69 Å². The molecule has 6 heteroatoms. The van der Waals surface area contributed by atoms with Crippen LogP contribution < -0.4 is 5.32 Å². The normalized spacial score (nSPS) is 19.8. The van der Waals surface area contributed by atoms with Gasteiger partial charge in [0, 0.05) is 5.56 Å². The quantitative estimate of drug-likeness (QED) is 0.744. The Morgan fingerprint density at radius 3 is 2.69 bits per heavy atom. The number of carbonyl (C=O) groups is 1. The molecule has 1 aliphatic heterocycles. The van der Waals surface area contributed by atoms with E-state index in [1.807, 2.05) is 0 Å². The van der Waals surface area contributed by atoms with E-state index >= 15 is 0 Å². The summed E-state index contributed by atoms with van der Waals surface area (Å²) in [5, 5.41) is 2.23. The van der Waals surface area contributed by atoms with Crippen LogP contribution in [0.15, 0.2) is 18.2 Å². The van der Waals surface area contributed by atoms with Crippen LogP contribution in [0.2, 0.25) is 0 Å². The van der Waals surface area contributed by atoms with E-state index in [9.17, 15) is 18.0 Å². The summed E-state index contributed by atoms with van der Waals surface area (Å²) in [6.07, 6.45) is -7.87. The van der Waals surface area contributed by atoms with E-state index in [4.69, 9.17) is 0 Å². The Kier molecular flexibility index (Phi) is 2.29. The van der Waals surface area contributed by atoms with Crippen LogP contribution in [0.4, 0.5) is 23.7 Å². The summed E-state index contributed by atoms with van der Waals surface area (Å²) in [5.41, 5.74) is 0.754. The lowest BCUT2D eigenvalue weighted by Gasteiger charge is -2.27. The lowest BCUT2D eigenvalue weighted by molar-refractivity contribution is -0.206. The van der Waals surface area contributed by atoms with Gasteiger partial charge in [0.25, 0.3) is 0 Å². The molecular formula is C10H8F3NO2. The number of hydrogen-bond acceptors (Lipinski definition) is 2. The zero-order valence-electron chi connectivity index (χ0n) is 8.26. The second-order valence-corrected chi connectivity index (χ2v) is 3.54. The number of ether oxygens (including phenoxy) is 1. The first kappa shape index (κ1) is 10.8. The number of aryl methyl sites for hydroxylation is 1. The number of alkyl halides is 3. The molecule has 86 valence electrons. The van der Waals surface area contributed by atoms with Crippen molar-refractivity contribution in [1.82, 2.24) is 0 Å². The van der Waals surface area contributed by atoms with Gasteiger partial charge in [0.2, 0.25) is 6.10 Å². The number of halogens is 3. The average molecular weight is 231 g/mol. The van der Waals surface area contributed by atoms with Crippen LogP contribution in [0.1, 0.15) is 17.2 Å².